The van der Waals surface area contributed by atoms with Gasteiger partial charge in [-0.15, -0.1) is 0 Å². The van der Waals surface area contributed by atoms with Crippen LogP contribution in [0.5, 0.6) is 0 Å². The minimum atomic E-state index is -1.29. The van der Waals surface area contributed by atoms with Crippen molar-refractivity contribution in [2.24, 2.45) is 0 Å². The van der Waals surface area contributed by atoms with Crippen molar-refractivity contribution in [1.29, 1.82) is 0 Å². The van der Waals surface area contributed by atoms with E-state index in [1.54, 1.807) is 0 Å². The normalized spacial score (nSPS) is 11.4. The predicted octanol–water partition coefficient (Wildman–Crippen LogP) is 1.86. The van der Waals surface area contributed by atoms with Crippen LogP contribution in [-0.4, -0.2) is 23.8 Å². The number of amides is 1. The Hall–Kier alpha value is -2.37. The molecule has 0 aromatic heterocycles. The number of aliphatic carboxylic acids is 1. The molecule has 1 amide bonds. The van der Waals surface area contributed by atoms with E-state index in [4.69, 9.17) is 5.11 Å². The van der Waals surface area contributed by atoms with Gasteiger partial charge in [0.2, 0.25) is 0 Å². The van der Waals surface area contributed by atoms with Gasteiger partial charge >= 0.3 is 12.1 Å². The molecule has 5 nitrogen and oxygen atoms in total. The lowest BCUT2D eigenvalue weighted by Crippen LogP contribution is -2.34. The van der Waals surface area contributed by atoms with E-state index >= 15 is 0 Å². The molecule has 0 radical (unpaired) electrons. The zero-order chi connectivity index (χ0) is 13.5. The summed E-state index contributed by atoms with van der Waals surface area (Å²) in [5.41, 5.74) is 0.249. The summed E-state index contributed by atoms with van der Waals surface area (Å²) in [5, 5.41) is 11.1. The maximum absolute atomic E-state index is 12.7. The van der Waals surface area contributed by atoms with Gasteiger partial charge in [-0.3, -0.25) is 0 Å². The first-order chi connectivity index (χ1) is 8.54. The van der Waals surface area contributed by atoms with E-state index in [1.165, 1.54) is 18.2 Å². The monoisotopic (exact) mass is 253 g/mol. The van der Waals surface area contributed by atoms with Gasteiger partial charge in [-0.1, -0.05) is 24.8 Å². The van der Waals surface area contributed by atoms with Crippen LogP contribution in [-0.2, 0) is 9.53 Å². The largest absolute Gasteiger partial charge is 0.479 e. The van der Waals surface area contributed by atoms with Crippen molar-refractivity contribution >= 4 is 12.1 Å². The fraction of sp³-hybridized carbons (Fsp3) is 0.167. The SMILES string of the molecule is C=CCOC(=O)N[C@H](C(=O)O)c1ccc(F)cc1. The van der Waals surface area contributed by atoms with Gasteiger partial charge in [0, 0.05) is 0 Å². The molecule has 0 saturated carbocycles. The number of hydrogen-bond acceptors (Lipinski definition) is 3. The molecule has 18 heavy (non-hydrogen) atoms. The van der Waals surface area contributed by atoms with E-state index in [-0.39, 0.29) is 12.2 Å². The molecule has 0 saturated heterocycles. The molecule has 1 atom stereocenters. The fourth-order valence-electron chi connectivity index (χ4n) is 1.24. The second-order valence-electron chi connectivity index (χ2n) is 3.35. The van der Waals surface area contributed by atoms with E-state index in [0.29, 0.717) is 0 Å². The summed E-state index contributed by atoms with van der Waals surface area (Å²) in [4.78, 5) is 22.2. The van der Waals surface area contributed by atoms with Gasteiger partial charge in [-0.2, -0.15) is 0 Å². The Bertz CT molecular complexity index is 444. The summed E-state index contributed by atoms with van der Waals surface area (Å²) in [6, 6.07) is 3.50. The van der Waals surface area contributed by atoms with Crippen molar-refractivity contribution in [2.75, 3.05) is 6.61 Å². The van der Waals surface area contributed by atoms with Crippen molar-refractivity contribution in [3.05, 3.63) is 48.3 Å². The molecule has 1 aromatic rings. The van der Waals surface area contributed by atoms with Gasteiger partial charge in [0.15, 0.2) is 6.04 Å². The van der Waals surface area contributed by atoms with Crippen LogP contribution in [0.1, 0.15) is 11.6 Å². The molecule has 0 aliphatic heterocycles. The molecule has 0 spiro atoms. The van der Waals surface area contributed by atoms with Crippen LogP contribution >= 0.6 is 0 Å². The lowest BCUT2D eigenvalue weighted by molar-refractivity contribution is -0.139. The Kier molecular flexibility index (Phi) is 4.86. The highest BCUT2D eigenvalue weighted by molar-refractivity contribution is 5.81. The van der Waals surface area contributed by atoms with E-state index in [0.717, 1.165) is 12.1 Å². The third kappa shape index (κ3) is 3.89. The first kappa shape index (κ1) is 13.7. The molecular formula is C12H12FNO4. The number of carboxylic acids is 1. The number of ether oxygens (including phenoxy) is 1. The Balaban J connectivity index is 2.77. The van der Waals surface area contributed by atoms with E-state index in [9.17, 15) is 14.0 Å². The quantitative estimate of drug-likeness (QED) is 0.785. The average molecular weight is 253 g/mol. The third-order valence-corrected chi connectivity index (χ3v) is 2.04. The Labute approximate surface area is 103 Å². The summed E-state index contributed by atoms with van der Waals surface area (Å²) < 4.78 is 17.3. The van der Waals surface area contributed by atoms with Crippen LogP contribution in [0.4, 0.5) is 9.18 Å². The van der Waals surface area contributed by atoms with Crippen molar-refractivity contribution in [1.82, 2.24) is 5.32 Å². The summed E-state index contributed by atoms with van der Waals surface area (Å²) >= 11 is 0. The number of halogens is 1. The molecule has 1 rings (SSSR count). The van der Waals surface area contributed by atoms with Crippen LogP contribution in [0.15, 0.2) is 36.9 Å². The van der Waals surface area contributed by atoms with E-state index in [2.05, 4.69) is 16.6 Å². The molecule has 0 aliphatic rings. The molecule has 1 aromatic carbocycles. The predicted molar refractivity (Wildman–Crippen MR) is 61.5 cm³/mol. The topological polar surface area (TPSA) is 75.6 Å². The maximum atomic E-state index is 12.7. The first-order valence-electron chi connectivity index (χ1n) is 5.07. The highest BCUT2D eigenvalue weighted by Gasteiger charge is 2.22. The number of hydrogen-bond donors (Lipinski definition) is 2. The first-order valence-corrected chi connectivity index (χ1v) is 5.07. The lowest BCUT2D eigenvalue weighted by atomic mass is 10.1. The molecule has 2 N–H and O–H groups in total. The molecule has 0 heterocycles. The van der Waals surface area contributed by atoms with E-state index in [1.807, 2.05) is 0 Å². The van der Waals surface area contributed by atoms with Gasteiger partial charge in [0.1, 0.15) is 12.4 Å². The van der Waals surface area contributed by atoms with Crippen molar-refractivity contribution in [2.45, 2.75) is 6.04 Å². The van der Waals surface area contributed by atoms with Crippen LogP contribution in [0.25, 0.3) is 0 Å². The van der Waals surface area contributed by atoms with Gasteiger partial charge in [-0.25, -0.2) is 14.0 Å². The second kappa shape index (κ2) is 6.39. The molecule has 0 bridgehead atoms. The summed E-state index contributed by atoms with van der Waals surface area (Å²) in [7, 11) is 0. The maximum Gasteiger partial charge on any atom is 0.408 e. The van der Waals surface area contributed by atoms with Crippen LogP contribution in [0.3, 0.4) is 0 Å². The number of rotatable bonds is 5. The van der Waals surface area contributed by atoms with Gasteiger partial charge in [0.05, 0.1) is 0 Å². The highest BCUT2D eigenvalue weighted by atomic mass is 19.1. The zero-order valence-electron chi connectivity index (χ0n) is 9.43. The smallest absolute Gasteiger partial charge is 0.408 e. The summed E-state index contributed by atoms with van der Waals surface area (Å²) in [5.74, 6) is -1.76. The molecule has 6 heteroatoms. The van der Waals surface area contributed by atoms with Crippen molar-refractivity contribution in [3.8, 4) is 0 Å². The highest BCUT2D eigenvalue weighted by Crippen LogP contribution is 2.14. The van der Waals surface area contributed by atoms with Crippen LogP contribution < -0.4 is 5.32 Å². The van der Waals surface area contributed by atoms with Crippen molar-refractivity contribution < 1.29 is 23.8 Å². The Morgan fingerprint density at radius 3 is 2.56 bits per heavy atom. The summed E-state index contributed by atoms with van der Waals surface area (Å²) in [6.07, 6.45) is 0.472. The number of carbonyl (C=O) groups excluding carboxylic acids is 1. The van der Waals surface area contributed by atoms with E-state index < -0.39 is 23.9 Å². The Morgan fingerprint density at radius 1 is 1.44 bits per heavy atom. The average Bonchev–Trinajstić information content (AvgIpc) is 2.34. The fourth-order valence-corrected chi connectivity index (χ4v) is 1.24. The second-order valence-corrected chi connectivity index (χ2v) is 3.35. The van der Waals surface area contributed by atoms with Gasteiger partial charge in [-0.05, 0) is 17.7 Å². The molecule has 0 aliphatic carbocycles. The van der Waals surface area contributed by atoms with Crippen molar-refractivity contribution in [3.63, 3.8) is 0 Å². The number of alkyl carbamates (subject to hydrolysis) is 1. The van der Waals surface area contributed by atoms with Gasteiger partial charge in [0.25, 0.3) is 0 Å². The third-order valence-electron chi connectivity index (χ3n) is 2.04. The number of nitrogens with one attached hydrogen (secondary N) is 1. The standard InChI is InChI=1S/C12H12FNO4/c1-2-7-18-12(17)14-10(11(15)16)8-3-5-9(13)6-4-8/h2-6,10H,1,7H2,(H,14,17)(H,15,16)/t10-/m0/s1. The van der Waals surface area contributed by atoms with Crippen LogP contribution in [0, 0.1) is 5.82 Å². The molecule has 0 unspecified atom stereocenters. The zero-order valence-corrected chi connectivity index (χ0v) is 9.43. The number of carbonyl (C=O) groups is 2. The Morgan fingerprint density at radius 2 is 2.06 bits per heavy atom. The minimum absolute atomic E-state index is 0.0262. The summed E-state index contributed by atoms with van der Waals surface area (Å²) in [6.45, 7) is 3.33. The van der Waals surface area contributed by atoms with Gasteiger partial charge < -0.3 is 15.2 Å². The number of carboxylic acid groups (broad SMARTS) is 1. The molecular weight excluding hydrogens is 241 g/mol. The minimum Gasteiger partial charge on any atom is -0.479 e. The molecule has 96 valence electrons. The molecule has 0 fully saturated rings. The number of benzene rings is 1. The lowest BCUT2D eigenvalue weighted by Gasteiger charge is -2.14. The van der Waals surface area contributed by atoms with Crippen LogP contribution in [0.2, 0.25) is 0 Å².